The zero-order valence-electron chi connectivity index (χ0n) is 8.86. The molecule has 0 aliphatic heterocycles. The van der Waals surface area contributed by atoms with E-state index in [0.29, 0.717) is 17.3 Å². The predicted octanol–water partition coefficient (Wildman–Crippen LogP) is 2.02. The van der Waals surface area contributed by atoms with Crippen LogP contribution >= 0.6 is 22.6 Å². The minimum atomic E-state index is 0.391. The Morgan fingerprint density at radius 1 is 1.25 bits per heavy atom. The van der Waals surface area contributed by atoms with Crippen LogP contribution in [0.3, 0.4) is 0 Å². The largest absolute Gasteiger partial charge is 0.427 e. The number of hydrogen-bond donors (Lipinski definition) is 0. The van der Waals surface area contributed by atoms with Gasteiger partial charge >= 0.3 is 0 Å². The smallest absolute Gasteiger partial charge is 0.145 e. The molecule has 0 aliphatic rings. The molecule has 0 fully saturated rings. The fourth-order valence-electron chi connectivity index (χ4n) is 1.62. The van der Waals surface area contributed by atoms with Crippen molar-refractivity contribution in [2.24, 2.45) is 17.3 Å². The maximum absolute atomic E-state index is 5.45. The molecule has 0 bridgehead atoms. The van der Waals surface area contributed by atoms with Crippen LogP contribution in [0.2, 0.25) is 0 Å². The van der Waals surface area contributed by atoms with Crippen molar-refractivity contribution < 1.29 is 4.43 Å². The summed E-state index contributed by atoms with van der Waals surface area (Å²) in [6, 6.07) is 0. The Morgan fingerprint density at radius 2 is 1.67 bits per heavy atom. The lowest BCUT2D eigenvalue weighted by Crippen LogP contribution is -2.39. The highest BCUT2D eigenvalue weighted by molar-refractivity contribution is 14.1. The first-order valence-corrected chi connectivity index (χ1v) is 6.90. The van der Waals surface area contributed by atoms with Gasteiger partial charge in [-0.25, -0.2) is 0 Å². The van der Waals surface area contributed by atoms with Gasteiger partial charge in [-0.05, 0) is 11.8 Å². The molecule has 0 aromatic carbocycles. The van der Waals surface area contributed by atoms with E-state index in [0.717, 1.165) is 17.1 Å². The van der Waals surface area contributed by atoms with E-state index in [1.807, 2.05) is 0 Å². The second-order valence-electron chi connectivity index (χ2n) is 4.11. The van der Waals surface area contributed by atoms with Crippen molar-refractivity contribution in [1.29, 1.82) is 0 Å². The number of halogens is 1. The predicted molar refractivity (Wildman–Crippen MR) is 66.9 cm³/mol. The van der Waals surface area contributed by atoms with E-state index in [4.69, 9.17) is 4.43 Å². The molecule has 74 valence electrons. The highest BCUT2D eigenvalue weighted by Gasteiger charge is 2.35. The molecule has 0 radical (unpaired) electrons. The van der Waals surface area contributed by atoms with Gasteiger partial charge in [-0.15, -0.1) is 0 Å². The Kier molecular flexibility index (Phi) is 6.02. The van der Waals surface area contributed by atoms with Crippen LogP contribution in [0, 0.1) is 17.3 Å². The van der Waals surface area contributed by atoms with E-state index in [9.17, 15) is 0 Å². The topological polar surface area (TPSA) is 9.23 Å². The standard InChI is InChI=1S/C9H21IOSi/c1-7(2)9(5-10,6-11-12)8(3)4/h7-8H,5-6H2,1-4,12H3. The summed E-state index contributed by atoms with van der Waals surface area (Å²) >= 11 is 2.49. The number of alkyl halides is 1. The summed E-state index contributed by atoms with van der Waals surface area (Å²) in [5.41, 5.74) is 0.391. The molecule has 3 heteroatoms. The van der Waals surface area contributed by atoms with Crippen LogP contribution in [-0.2, 0) is 4.43 Å². The molecule has 0 heterocycles. The minimum Gasteiger partial charge on any atom is -0.427 e. The van der Waals surface area contributed by atoms with Crippen molar-refractivity contribution >= 4 is 33.1 Å². The summed E-state index contributed by atoms with van der Waals surface area (Å²) in [4.78, 5) is 0. The first-order chi connectivity index (χ1) is 5.51. The fraction of sp³-hybridized carbons (Fsp3) is 1.00. The zero-order valence-corrected chi connectivity index (χ0v) is 13.0. The Labute approximate surface area is 93.3 Å². The maximum atomic E-state index is 5.45. The van der Waals surface area contributed by atoms with Crippen molar-refractivity contribution in [3.8, 4) is 0 Å². The van der Waals surface area contributed by atoms with E-state index in [1.165, 1.54) is 4.43 Å². The van der Waals surface area contributed by atoms with Crippen LogP contribution in [0.5, 0.6) is 0 Å². The molecule has 1 nitrogen and oxygen atoms in total. The summed E-state index contributed by atoms with van der Waals surface area (Å²) in [7, 11) is 0.863. The Morgan fingerprint density at radius 3 is 1.75 bits per heavy atom. The van der Waals surface area contributed by atoms with Crippen molar-refractivity contribution in [2.45, 2.75) is 27.7 Å². The molecule has 0 amide bonds. The molecule has 0 spiro atoms. The van der Waals surface area contributed by atoms with Gasteiger partial charge in [0.05, 0.1) is 0 Å². The molecule has 0 N–H and O–H groups in total. The van der Waals surface area contributed by atoms with Gasteiger partial charge in [0, 0.05) is 16.4 Å². The first-order valence-electron chi connectivity index (χ1n) is 4.56. The Hall–Kier alpha value is 0.907. The van der Waals surface area contributed by atoms with Crippen molar-refractivity contribution in [3.05, 3.63) is 0 Å². The fourth-order valence-corrected chi connectivity index (χ4v) is 4.14. The molecule has 0 atom stereocenters. The van der Waals surface area contributed by atoms with Gasteiger partial charge in [-0.2, -0.15) is 0 Å². The molecule has 0 aromatic heterocycles. The molecule has 0 saturated carbocycles. The third-order valence-electron chi connectivity index (χ3n) is 2.96. The molecule has 0 saturated heterocycles. The van der Waals surface area contributed by atoms with E-state index in [1.54, 1.807) is 0 Å². The van der Waals surface area contributed by atoms with E-state index < -0.39 is 0 Å². The number of rotatable bonds is 5. The molecule has 12 heavy (non-hydrogen) atoms. The molecule has 0 aromatic rings. The summed E-state index contributed by atoms with van der Waals surface area (Å²) in [6.45, 7) is 10.2. The molecule has 0 aliphatic carbocycles. The van der Waals surface area contributed by atoms with Gasteiger partial charge in [0.1, 0.15) is 10.5 Å². The highest BCUT2D eigenvalue weighted by Crippen LogP contribution is 2.37. The zero-order chi connectivity index (χ0) is 9.78. The van der Waals surface area contributed by atoms with Crippen LogP contribution in [-0.4, -0.2) is 21.5 Å². The third-order valence-corrected chi connectivity index (χ3v) is 4.67. The lowest BCUT2D eigenvalue weighted by atomic mass is 9.71. The Balaban J connectivity index is 4.51. The normalized spacial score (nSPS) is 13.2. The van der Waals surface area contributed by atoms with Gasteiger partial charge in [-0.3, -0.25) is 0 Å². The van der Waals surface area contributed by atoms with Crippen molar-refractivity contribution in [1.82, 2.24) is 0 Å². The van der Waals surface area contributed by atoms with E-state index >= 15 is 0 Å². The average Bonchev–Trinajstić information content (AvgIpc) is 1.98. The molecule has 0 rings (SSSR count). The van der Waals surface area contributed by atoms with E-state index in [2.05, 4.69) is 50.3 Å². The Bertz CT molecular complexity index is 118. The van der Waals surface area contributed by atoms with Gasteiger partial charge in [0.25, 0.3) is 0 Å². The van der Waals surface area contributed by atoms with Crippen LogP contribution in [0.4, 0.5) is 0 Å². The number of hydrogen-bond acceptors (Lipinski definition) is 1. The summed E-state index contributed by atoms with van der Waals surface area (Å²) in [5.74, 6) is 1.42. The van der Waals surface area contributed by atoms with Gasteiger partial charge in [0.2, 0.25) is 0 Å². The van der Waals surface area contributed by atoms with Crippen LogP contribution in [0.25, 0.3) is 0 Å². The quantitative estimate of drug-likeness (QED) is 0.429. The SMILES string of the molecule is CC(C)C(CI)(CO[SiH3])C(C)C. The molecular formula is C9H21IOSi. The van der Waals surface area contributed by atoms with Gasteiger partial charge < -0.3 is 4.43 Å². The van der Waals surface area contributed by atoms with Crippen LogP contribution in [0.15, 0.2) is 0 Å². The van der Waals surface area contributed by atoms with Gasteiger partial charge in [-0.1, -0.05) is 50.3 Å². The summed E-state index contributed by atoms with van der Waals surface area (Å²) in [5, 5.41) is 0. The van der Waals surface area contributed by atoms with Gasteiger partial charge in [0.15, 0.2) is 0 Å². The second-order valence-corrected chi connectivity index (χ2v) is 5.45. The third kappa shape index (κ3) is 2.70. The van der Waals surface area contributed by atoms with Crippen LogP contribution in [0.1, 0.15) is 27.7 Å². The highest BCUT2D eigenvalue weighted by atomic mass is 127. The van der Waals surface area contributed by atoms with Crippen molar-refractivity contribution in [3.63, 3.8) is 0 Å². The lowest BCUT2D eigenvalue weighted by Gasteiger charge is -2.39. The van der Waals surface area contributed by atoms with E-state index in [-0.39, 0.29) is 0 Å². The monoisotopic (exact) mass is 300 g/mol. The van der Waals surface area contributed by atoms with Crippen LogP contribution < -0.4 is 0 Å². The first kappa shape index (κ1) is 12.9. The molecular weight excluding hydrogens is 279 g/mol. The lowest BCUT2D eigenvalue weighted by molar-refractivity contribution is 0.0746. The maximum Gasteiger partial charge on any atom is 0.145 e. The average molecular weight is 300 g/mol. The summed E-state index contributed by atoms with van der Waals surface area (Å²) < 4.78 is 6.65. The molecule has 0 unspecified atom stereocenters. The van der Waals surface area contributed by atoms with Crippen molar-refractivity contribution in [2.75, 3.05) is 11.0 Å². The second kappa shape index (κ2) is 5.60. The summed E-state index contributed by atoms with van der Waals surface area (Å²) in [6.07, 6.45) is 0. The minimum absolute atomic E-state index is 0.391.